The van der Waals surface area contributed by atoms with Crippen molar-refractivity contribution in [2.45, 2.75) is 32.7 Å². The highest BCUT2D eigenvalue weighted by Gasteiger charge is 2.29. The molecule has 146 valence electrons. The van der Waals surface area contributed by atoms with Crippen LogP contribution in [0.4, 0.5) is 5.69 Å². The van der Waals surface area contributed by atoms with E-state index >= 15 is 0 Å². The second-order valence-electron chi connectivity index (χ2n) is 6.54. The van der Waals surface area contributed by atoms with Crippen LogP contribution in [0.15, 0.2) is 54.6 Å². The predicted molar refractivity (Wildman–Crippen MR) is 108 cm³/mol. The van der Waals surface area contributed by atoms with Crippen molar-refractivity contribution in [3.05, 3.63) is 60.2 Å². The van der Waals surface area contributed by atoms with Gasteiger partial charge < -0.3 is 24.4 Å². The molecule has 0 aromatic heterocycles. The van der Waals surface area contributed by atoms with Crippen molar-refractivity contribution in [1.29, 1.82) is 0 Å². The smallest absolute Gasteiger partial charge is 0.174 e. The first kappa shape index (κ1) is 19.7. The zero-order valence-corrected chi connectivity index (χ0v) is 16.3. The summed E-state index contributed by atoms with van der Waals surface area (Å²) in [4.78, 5) is 2.35. The summed E-state index contributed by atoms with van der Waals surface area (Å²) in [7, 11) is 0. The quantitative estimate of drug-likeness (QED) is 0.649. The monoisotopic (exact) mass is 370 g/mol. The average Bonchev–Trinajstić information content (AvgIpc) is 2.70. The van der Waals surface area contributed by atoms with Gasteiger partial charge in [0.1, 0.15) is 12.4 Å². The van der Waals surface area contributed by atoms with E-state index in [2.05, 4.69) is 40.5 Å². The van der Waals surface area contributed by atoms with Crippen molar-refractivity contribution < 1.29 is 14.2 Å². The van der Waals surface area contributed by atoms with Crippen LogP contribution in [-0.4, -0.2) is 45.2 Å². The van der Waals surface area contributed by atoms with Gasteiger partial charge in [0, 0.05) is 26.3 Å². The summed E-state index contributed by atoms with van der Waals surface area (Å²) in [6, 6.07) is 18.8. The zero-order chi connectivity index (χ0) is 18.9. The van der Waals surface area contributed by atoms with Crippen LogP contribution in [0.3, 0.4) is 0 Å². The molecule has 1 unspecified atom stereocenters. The molecule has 0 bridgehead atoms. The van der Waals surface area contributed by atoms with Gasteiger partial charge in [0.2, 0.25) is 0 Å². The fourth-order valence-electron chi connectivity index (χ4n) is 3.37. The highest BCUT2D eigenvalue weighted by molar-refractivity contribution is 5.60. The number of rotatable bonds is 10. The van der Waals surface area contributed by atoms with E-state index in [1.165, 1.54) is 5.56 Å². The van der Waals surface area contributed by atoms with Crippen LogP contribution in [-0.2, 0) is 16.0 Å². The maximum absolute atomic E-state index is 6.01. The number of fused-ring (bicyclic) bond motifs is 1. The maximum atomic E-state index is 6.01. The lowest BCUT2D eigenvalue weighted by atomic mass is 10.1. The van der Waals surface area contributed by atoms with Gasteiger partial charge >= 0.3 is 0 Å². The molecule has 5 nitrogen and oxygen atoms in total. The van der Waals surface area contributed by atoms with Crippen molar-refractivity contribution in [1.82, 2.24) is 5.32 Å². The highest BCUT2D eigenvalue weighted by atomic mass is 16.7. The molecule has 1 aliphatic heterocycles. The molecule has 1 N–H and O–H groups in total. The summed E-state index contributed by atoms with van der Waals surface area (Å²) in [6.07, 6.45) is -0.247. The van der Waals surface area contributed by atoms with E-state index in [1.807, 2.05) is 38.1 Å². The fourth-order valence-corrected chi connectivity index (χ4v) is 3.37. The Morgan fingerprint density at radius 1 is 1.04 bits per heavy atom. The Morgan fingerprint density at radius 3 is 2.48 bits per heavy atom. The molecular formula is C22H30N2O3. The Bertz CT molecular complexity index is 674. The molecule has 0 saturated heterocycles. The Morgan fingerprint density at radius 2 is 1.74 bits per heavy atom. The number of para-hydroxylation sites is 2. The lowest BCUT2D eigenvalue weighted by Gasteiger charge is -2.40. The lowest BCUT2D eigenvalue weighted by molar-refractivity contribution is -0.130. The van der Waals surface area contributed by atoms with Gasteiger partial charge in [-0.1, -0.05) is 42.5 Å². The summed E-state index contributed by atoms with van der Waals surface area (Å²) in [5.74, 6) is 0.920. The van der Waals surface area contributed by atoms with E-state index < -0.39 is 0 Å². The number of ether oxygens (including phenoxy) is 3. The molecule has 5 heteroatoms. The van der Waals surface area contributed by atoms with E-state index in [-0.39, 0.29) is 12.3 Å². The summed E-state index contributed by atoms with van der Waals surface area (Å²) in [5, 5.41) is 3.57. The topological polar surface area (TPSA) is 43.0 Å². The molecular weight excluding hydrogens is 340 g/mol. The Kier molecular flexibility index (Phi) is 7.51. The molecule has 27 heavy (non-hydrogen) atoms. The van der Waals surface area contributed by atoms with Crippen LogP contribution in [0, 0.1) is 0 Å². The third kappa shape index (κ3) is 5.45. The molecule has 1 atom stereocenters. The lowest BCUT2D eigenvalue weighted by Crippen LogP contribution is -2.52. The van der Waals surface area contributed by atoms with Gasteiger partial charge in [0.15, 0.2) is 6.29 Å². The van der Waals surface area contributed by atoms with Crippen LogP contribution >= 0.6 is 0 Å². The molecule has 0 amide bonds. The summed E-state index contributed by atoms with van der Waals surface area (Å²) in [6.45, 7) is 8.25. The number of nitrogens with one attached hydrogen (secondary N) is 1. The van der Waals surface area contributed by atoms with Gasteiger partial charge in [0.25, 0.3) is 0 Å². The third-order valence-electron chi connectivity index (χ3n) is 4.65. The van der Waals surface area contributed by atoms with Crippen molar-refractivity contribution in [2.24, 2.45) is 0 Å². The van der Waals surface area contributed by atoms with Crippen molar-refractivity contribution in [3.8, 4) is 5.75 Å². The molecule has 3 rings (SSSR count). The first-order chi connectivity index (χ1) is 13.3. The largest absolute Gasteiger partial charge is 0.489 e. The summed E-state index contributed by atoms with van der Waals surface area (Å²) in [5.41, 5.74) is 2.38. The number of anilines is 1. The SMILES string of the molecule is CCOC(CN1c2ccccc2OCC1CNCc1ccccc1)OCC. The van der Waals surface area contributed by atoms with Crippen molar-refractivity contribution >= 4 is 5.69 Å². The molecule has 0 fully saturated rings. The molecule has 2 aromatic carbocycles. The van der Waals surface area contributed by atoms with E-state index in [4.69, 9.17) is 14.2 Å². The van der Waals surface area contributed by atoms with Crippen LogP contribution in [0.1, 0.15) is 19.4 Å². The minimum absolute atomic E-state index is 0.215. The number of nitrogens with zero attached hydrogens (tertiary/aromatic N) is 1. The van der Waals surface area contributed by atoms with Gasteiger partial charge in [-0.3, -0.25) is 0 Å². The molecule has 0 saturated carbocycles. The number of hydrogen-bond donors (Lipinski definition) is 1. The number of benzene rings is 2. The van der Waals surface area contributed by atoms with Gasteiger partial charge in [-0.15, -0.1) is 0 Å². The Labute approximate surface area is 162 Å². The minimum atomic E-state index is -0.247. The van der Waals surface area contributed by atoms with E-state index in [0.717, 1.165) is 24.5 Å². The van der Waals surface area contributed by atoms with Gasteiger partial charge in [0.05, 0.1) is 18.3 Å². The fraction of sp³-hybridized carbons (Fsp3) is 0.455. The van der Waals surface area contributed by atoms with Gasteiger partial charge in [-0.25, -0.2) is 0 Å². The standard InChI is InChI=1S/C22H30N2O3/c1-3-25-22(26-4-2)16-24-19(15-23-14-18-10-6-5-7-11-18)17-27-21-13-9-8-12-20(21)24/h5-13,19,22-23H,3-4,14-17H2,1-2H3. The molecule has 1 heterocycles. The summed E-state index contributed by atoms with van der Waals surface area (Å²) < 4.78 is 17.6. The first-order valence-electron chi connectivity index (χ1n) is 9.78. The highest BCUT2D eigenvalue weighted by Crippen LogP contribution is 2.33. The Hall–Kier alpha value is -2.08. The molecule has 0 spiro atoms. The van der Waals surface area contributed by atoms with Crippen LogP contribution in [0.25, 0.3) is 0 Å². The predicted octanol–water partition coefficient (Wildman–Crippen LogP) is 3.44. The van der Waals surface area contributed by atoms with Gasteiger partial charge in [-0.2, -0.15) is 0 Å². The van der Waals surface area contributed by atoms with Crippen LogP contribution < -0.4 is 15.0 Å². The summed E-state index contributed by atoms with van der Waals surface area (Å²) >= 11 is 0. The Balaban J connectivity index is 1.69. The second-order valence-corrected chi connectivity index (χ2v) is 6.54. The molecule has 0 radical (unpaired) electrons. The van der Waals surface area contributed by atoms with E-state index in [9.17, 15) is 0 Å². The van der Waals surface area contributed by atoms with Crippen molar-refractivity contribution in [2.75, 3.05) is 37.8 Å². The van der Waals surface area contributed by atoms with Crippen LogP contribution in [0.5, 0.6) is 5.75 Å². The first-order valence-corrected chi connectivity index (χ1v) is 9.78. The normalized spacial score (nSPS) is 16.3. The van der Waals surface area contributed by atoms with E-state index in [0.29, 0.717) is 26.4 Å². The maximum Gasteiger partial charge on any atom is 0.174 e. The average molecular weight is 370 g/mol. The molecule has 2 aromatic rings. The van der Waals surface area contributed by atoms with Crippen molar-refractivity contribution in [3.63, 3.8) is 0 Å². The van der Waals surface area contributed by atoms with E-state index in [1.54, 1.807) is 0 Å². The minimum Gasteiger partial charge on any atom is -0.489 e. The second kappa shape index (κ2) is 10.3. The molecule has 0 aliphatic carbocycles. The third-order valence-corrected chi connectivity index (χ3v) is 4.65. The van der Waals surface area contributed by atoms with Crippen LogP contribution in [0.2, 0.25) is 0 Å². The van der Waals surface area contributed by atoms with Gasteiger partial charge in [-0.05, 0) is 31.5 Å². The molecule has 1 aliphatic rings. The zero-order valence-electron chi connectivity index (χ0n) is 16.3. The number of hydrogen-bond acceptors (Lipinski definition) is 5.